The number of carbonyl (C=O) groups excluding carboxylic acids is 1. The number of fused-ring (bicyclic) bond motifs is 1. The molecule has 0 bridgehead atoms. The van der Waals surface area contributed by atoms with Crippen molar-refractivity contribution in [2.24, 2.45) is 0 Å². The molecule has 4 rings (SSSR count). The summed E-state index contributed by atoms with van der Waals surface area (Å²) < 4.78 is 8.80. The van der Waals surface area contributed by atoms with E-state index in [2.05, 4.69) is 24.0 Å². The maximum absolute atomic E-state index is 12.9. The summed E-state index contributed by atoms with van der Waals surface area (Å²) in [5.41, 5.74) is 3.13. The second-order valence-electron chi connectivity index (χ2n) is 8.65. The number of methoxy groups -OCH3 is 1. The third kappa shape index (κ3) is 5.30. The molecule has 0 aliphatic carbocycles. The number of para-hydroxylation sites is 2. The molecule has 1 fully saturated rings. The molecular formula is C26H34N4O3. The summed E-state index contributed by atoms with van der Waals surface area (Å²) in [6, 6.07) is 16.1. The lowest BCUT2D eigenvalue weighted by molar-refractivity contribution is -0.133. The number of benzene rings is 2. The van der Waals surface area contributed by atoms with Crippen molar-refractivity contribution in [3.63, 3.8) is 0 Å². The van der Waals surface area contributed by atoms with E-state index in [1.165, 1.54) is 5.56 Å². The molecule has 0 radical (unpaired) electrons. The quantitative estimate of drug-likeness (QED) is 0.503. The Hall–Kier alpha value is -3.06. The number of carbonyl (C=O) groups is 1. The lowest BCUT2D eigenvalue weighted by atomic mass is 10.1. The Morgan fingerprint density at radius 3 is 2.12 bits per heavy atom. The normalized spacial score (nSPS) is 14.7. The first-order chi connectivity index (χ1) is 16.1. The molecule has 1 saturated heterocycles. The average molecular weight is 451 g/mol. The number of aryl methyl sites for hydroxylation is 2. The van der Waals surface area contributed by atoms with Crippen molar-refractivity contribution in [3.05, 3.63) is 64.6 Å². The number of hydrogen-bond donors (Lipinski definition) is 0. The molecule has 2 aromatic carbocycles. The Balaban J connectivity index is 1.28. The maximum Gasteiger partial charge on any atom is 0.329 e. The van der Waals surface area contributed by atoms with Crippen molar-refractivity contribution < 1.29 is 9.53 Å². The van der Waals surface area contributed by atoms with E-state index in [0.29, 0.717) is 19.5 Å². The number of rotatable bonds is 9. The van der Waals surface area contributed by atoms with Gasteiger partial charge in [0.1, 0.15) is 5.75 Å². The fourth-order valence-corrected chi connectivity index (χ4v) is 4.59. The van der Waals surface area contributed by atoms with Crippen LogP contribution < -0.4 is 10.4 Å². The Labute approximate surface area is 195 Å². The van der Waals surface area contributed by atoms with Gasteiger partial charge in [-0.3, -0.25) is 18.8 Å². The summed E-state index contributed by atoms with van der Waals surface area (Å²) in [7, 11) is 1.68. The molecule has 7 nitrogen and oxygen atoms in total. The first-order valence-electron chi connectivity index (χ1n) is 11.9. The minimum atomic E-state index is -0.0193. The van der Waals surface area contributed by atoms with E-state index in [4.69, 9.17) is 4.74 Å². The Bertz CT molecular complexity index is 1120. The monoisotopic (exact) mass is 450 g/mol. The zero-order valence-electron chi connectivity index (χ0n) is 19.7. The van der Waals surface area contributed by atoms with Crippen LogP contribution in [0.1, 0.15) is 25.3 Å². The van der Waals surface area contributed by atoms with E-state index in [9.17, 15) is 9.59 Å². The highest BCUT2D eigenvalue weighted by Crippen LogP contribution is 2.15. The van der Waals surface area contributed by atoms with Crippen LogP contribution in [0.25, 0.3) is 11.0 Å². The fourth-order valence-electron chi connectivity index (χ4n) is 4.59. The predicted octanol–water partition coefficient (Wildman–Crippen LogP) is 3.00. The second-order valence-corrected chi connectivity index (χ2v) is 8.65. The first kappa shape index (κ1) is 23.1. The van der Waals surface area contributed by atoms with Crippen LogP contribution in [0.15, 0.2) is 53.3 Å². The molecule has 2 heterocycles. The lowest BCUT2D eigenvalue weighted by Gasteiger charge is -2.34. The summed E-state index contributed by atoms with van der Waals surface area (Å²) in [6.45, 7) is 7.43. The number of imidazole rings is 1. The van der Waals surface area contributed by atoms with Gasteiger partial charge in [-0.1, -0.05) is 31.2 Å². The molecule has 0 saturated carbocycles. The number of ether oxygens (including phenoxy) is 1. The molecule has 0 atom stereocenters. The van der Waals surface area contributed by atoms with E-state index >= 15 is 0 Å². The molecule has 33 heavy (non-hydrogen) atoms. The Morgan fingerprint density at radius 2 is 1.52 bits per heavy atom. The van der Waals surface area contributed by atoms with Gasteiger partial charge in [0, 0.05) is 52.2 Å². The molecule has 1 amide bonds. The molecule has 1 aliphatic heterocycles. The molecule has 1 aliphatic rings. The standard InChI is InChI=1S/C26H34N4O3/c1-3-14-29-23-6-4-5-7-24(23)30(26(29)32)16-13-25(31)28-19-17-27(18-20-28)15-12-21-8-10-22(33-2)11-9-21/h4-11H,3,12-20H2,1-2H3. The van der Waals surface area contributed by atoms with Crippen molar-refractivity contribution >= 4 is 16.9 Å². The van der Waals surface area contributed by atoms with Gasteiger partial charge in [0.15, 0.2) is 0 Å². The maximum atomic E-state index is 12.9. The fraction of sp³-hybridized carbons (Fsp3) is 0.462. The Morgan fingerprint density at radius 1 is 0.879 bits per heavy atom. The van der Waals surface area contributed by atoms with Gasteiger partial charge < -0.3 is 9.64 Å². The third-order valence-corrected chi connectivity index (χ3v) is 6.52. The highest BCUT2D eigenvalue weighted by Gasteiger charge is 2.21. The molecule has 0 N–H and O–H groups in total. The number of nitrogens with zero attached hydrogens (tertiary/aromatic N) is 4. The number of piperazine rings is 1. The second kappa shape index (κ2) is 10.7. The van der Waals surface area contributed by atoms with Crippen molar-refractivity contribution in [2.75, 3.05) is 39.8 Å². The van der Waals surface area contributed by atoms with Crippen LogP contribution in [-0.2, 0) is 24.3 Å². The number of hydrogen-bond acceptors (Lipinski definition) is 4. The van der Waals surface area contributed by atoms with E-state index in [1.54, 1.807) is 11.7 Å². The van der Waals surface area contributed by atoms with E-state index in [0.717, 1.165) is 62.3 Å². The van der Waals surface area contributed by atoms with Gasteiger partial charge in [-0.15, -0.1) is 0 Å². The largest absolute Gasteiger partial charge is 0.497 e. The third-order valence-electron chi connectivity index (χ3n) is 6.52. The topological polar surface area (TPSA) is 59.7 Å². The Kier molecular flexibility index (Phi) is 7.50. The van der Waals surface area contributed by atoms with Gasteiger partial charge >= 0.3 is 5.69 Å². The van der Waals surface area contributed by atoms with Gasteiger partial charge in [0.25, 0.3) is 0 Å². The van der Waals surface area contributed by atoms with Crippen LogP contribution in [0, 0.1) is 0 Å². The SMILES string of the molecule is CCCn1c(=O)n(CCC(=O)N2CCN(CCc3ccc(OC)cc3)CC2)c2ccccc21. The highest BCUT2D eigenvalue weighted by molar-refractivity contribution is 5.78. The molecule has 3 aromatic rings. The van der Waals surface area contributed by atoms with Gasteiger partial charge in [-0.2, -0.15) is 0 Å². The minimum Gasteiger partial charge on any atom is -0.497 e. The van der Waals surface area contributed by atoms with Gasteiger partial charge in [0.05, 0.1) is 18.1 Å². The number of amides is 1. The molecule has 0 spiro atoms. The molecule has 7 heteroatoms. The summed E-state index contributed by atoms with van der Waals surface area (Å²) in [4.78, 5) is 30.2. The predicted molar refractivity (Wildman–Crippen MR) is 131 cm³/mol. The smallest absolute Gasteiger partial charge is 0.329 e. The first-order valence-corrected chi connectivity index (χ1v) is 11.9. The average Bonchev–Trinajstić information content (AvgIpc) is 3.12. The van der Waals surface area contributed by atoms with E-state index in [-0.39, 0.29) is 11.6 Å². The summed E-state index contributed by atoms with van der Waals surface area (Å²) in [5, 5.41) is 0. The summed E-state index contributed by atoms with van der Waals surface area (Å²) in [6.07, 6.45) is 2.24. The number of aromatic nitrogens is 2. The van der Waals surface area contributed by atoms with E-state index in [1.807, 2.05) is 45.9 Å². The van der Waals surface area contributed by atoms with Crippen LogP contribution in [-0.4, -0.2) is 64.7 Å². The van der Waals surface area contributed by atoms with Crippen LogP contribution in [0.2, 0.25) is 0 Å². The van der Waals surface area contributed by atoms with Crippen molar-refractivity contribution in [3.8, 4) is 5.75 Å². The van der Waals surface area contributed by atoms with Crippen molar-refractivity contribution in [1.82, 2.24) is 18.9 Å². The zero-order chi connectivity index (χ0) is 23.2. The molecule has 176 valence electrons. The van der Waals surface area contributed by atoms with Gasteiger partial charge in [-0.25, -0.2) is 4.79 Å². The molecule has 0 unspecified atom stereocenters. The zero-order valence-corrected chi connectivity index (χ0v) is 19.7. The van der Waals surface area contributed by atoms with Gasteiger partial charge in [-0.05, 0) is 42.7 Å². The molecule has 1 aromatic heterocycles. The van der Waals surface area contributed by atoms with Crippen LogP contribution in [0.5, 0.6) is 5.75 Å². The van der Waals surface area contributed by atoms with Crippen LogP contribution >= 0.6 is 0 Å². The highest BCUT2D eigenvalue weighted by atomic mass is 16.5. The van der Waals surface area contributed by atoms with Crippen LogP contribution in [0.4, 0.5) is 0 Å². The van der Waals surface area contributed by atoms with Crippen LogP contribution in [0.3, 0.4) is 0 Å². The summed E-state index contributed by atoms with van der Waals surface area (Å²) >= 11 is 0. The van der Waals surface area contributed by atoms with E-state index < -0.39 is 0 Å². The minimum absolute atomic E-state index is 0.0193. The summed E-state index contributed by atoms with van der Waals surface area (Å²) in [5.74, 6) is 1.01. The van der Waals surface area contributed by atoms with Gasteiger partial charge in [0.2, 0.25) is 5.91 Å². The van der Waals surface area contributed by atoms with Crippen molar-refractivity contribution in [1.29, 1.82) is 0 Å². The molecular weight excluding hydrogens is 416 g/mol. The lowest BCUT2D eigenvalue weighted by Crippen LogP contribution is -2.49. The van der Waals surface area contributed by atoms with Crippen molar-refractivity contribution in [2.45, 2.75) is 39.3 Å².